The number of hydrogen-bond donors (Lipinski definition) is 1. The molecule has 3 unspecified atom stereocenters. The van der Waals surface area contributed by atoms with Gasteiger partial charge in [0.25, 0.3) is 0 Å². The van der Waals surface area contributed by atoms with Crippen molar-refractivity contribution in [2.24, 2.45) is 0 Å². The van der Waals surface area contributed by atoms with E-state index in [1.807, 2.05) is 30.3 Å². The molecule has 0 saturated carbocycles. The van der Waals surface area contributed by atoms with E-state index in [1.54, 1.807) is 0 Å². The maximum absolute atomic E-state index is 11.8. The van der Waals surface area contributed by atoms with Crippen LogP contribution in [0.4, 0.5) is 0 Å². The van der Waals surface area contributed by atoms with Gasteiger partial charge in [-0.15, -0.1) is 0 Å². The summed E-state index contributed by atoms with van der Waals surface area (Å²) in [5, 5.41) is 3.22. The molecule has 2 rings (SSSR count). The number of hydrogen-bond acceptors (Lipinski definition) is 4. The Morgan fingerprint density at radius 2 is 2.11 bits per heavy atom. The van der Waals surface area contributed by atoms with Crippen molar-refractivity contribution in [2.75, 3.05) is 18.6 Å². The van der Waals surface area contributed by atoms with Crippen LogP contribution in [0.1, 0.15) is 5.56 Å². The van der Waals surface area contributed by atoms with E-state index in [2.05, 4.69) is 5.32 Å². The SMILES string of the molecule is COC(=O)C1CS(=O)CC(Cc2ccccc2)N1. The normalized spacial score (nSPS) is 27.7. The molecule has 1 aromatic rings. The number of benzene rings is 1. The van der Waals surface area contributed by atoms with Crippen molar-refractivity contribution in [1.29, 1.82) is 0 Å². The topological polar surface area (TPSA) is 55.4 Å². The van der Waals surface area contributed by atoms with E-state index in [-0.39, 0.29) is 12.0 Å². The summed E-state index contributed by atoms with van der Waals surface area (Å²) in [5.41, 5.74) is 1.18. The van der Waals surface area contributed by atoms with Gasteiger partial charge in [-0.3, -0.25) is 14.3 Å². The fraction of sp³-hybridized carbons (Fsp3) is 0.462. The van der Waals surface area contributed by atoms with Gasteiger partial charge in [-0.25, -0.2) is 0 Å². The van der Waals surface area contributed by atoms with Gasteiger partial charge in [-0.05, 0) is 12.0 Å². The maximum atomic E-state index is 11.8. The van der Waals surface area contributed by atoms with Gasteiger partial charge in [-0.2, -0.15) is 0 Å². The lowest BCUT2D eigenvalue weighted by atomic mass is 10.1. The molecule has 0 spiro atoms. The minimum atomic E-state index is -0.960. The van der Waals surface area contributed by atoms with Crippen LogP contribution in [0, 0.1) is 0 Å². The van der Waals surface area contributed by atoms with Gasteiger partial charge in [0.1, 0.15) is 6.04 Å². The van der Waals surface area contributed by atoms with E-state index in [0.717, 1.165) is 6.42 Å². The number of carbonyl (C=O) groups is 1. The maximum Gasteiger partial charge on any atom is 0.323 e. The highest BCUT2D eigenvalue weighted by molar-refractivity contribution is 7.85. The largest absolute Gasteiger partial charge is 0.468 e. The zero-order valence-electron chi connectivity index (χ0n) is 10.3. The molecule has 4 nitrogen and oxygen atoms in total. The highest BCUT2D eigenvalue weighted by Crippen LogP contribution is 2.10. The Morgan fingerprint density at radius 3 is 2.78 bits per heavy atom. The summed E-state index contributed by atoms with van der Waals surface area (Å²) in [7, 11) is 0.395. The van der Waals surface area contributed by atoms with Gasteiger partial charge in [0.2, 0.25) is 0 Å². The van der Waals surface area contributed by atoms with E-state index in [0.29, 0.717) is 11.5 Å². The lowest BCUT2D eigenvalue weighted by Crippen LogP contribution is -2.54. The highest BCUT2D eigenvalue weighted by atomic mass is 32.2. The van der Waals surface area contributed by atoms with Gasteiger partial charge < -0.3 is 4.74 Å². The van der Waals surface area contributed by atoms with Crippen LogP contribution in [0.5, 0.6) is 0 Å². The summed E-state index contributed by atoms with van der Waals surface area (Å²) in [6.07, 6.45) is 0.778. The number of rotatable bonds is 3. The lowest BCUT2D eigenvalue weighted by molar-refractivity contribution is -0.142. The third-order valence-electron chi connectivity index (χ3n) is 2.99. The molecule has 98 valence electrons. The molecule has 0 bridgehead atoms. The van der Waals surface area contributed by atoms with Crippen LogP contribution in [-0.2, 0) is 26.8 Å². The monoisotopic (exact) mass is 267 g/mol. The molecule has 1 saturated heterocycles. The lowest BCUT2D eigenvalue weighted by Gasteiger charge is -2.29. The average Bonchev–Trinajstić information content (AvgIpc) is 2.38. The van der Waals surface area contributed by atoms with Crippen molar-refractivity contribution in [1.82, 2.24) is 5.32 Å². The van der Waals surface area contributed by atoms with Crippen molar-refractivity contribution >= 4 is 16.8 Å². The van der Waals surface area contributed by atoms with Gasteiger partial charge in [-0.1, -0.05) is 30.3 Å². The third-order valence-corrected chi connectivity index (χ3v) is 4.47. The first-order valence-corrected chi connectivity index (χ1v) is 7.40. The standard InChI is InChI=1S/C13H17NO3S/c1-17-13(15)12-9-18(16)8-11(14-12)7-10-5-3-2-4-6-10/h2-6,11-12,14H,7-9H2,1H3. The average molecular weight is 267 g/mol. The Labute approximate surface area is 109 Å². The van der Waals surface area contributed by atoms with E-state index in [1.165, 1.54) is 12.7 Å². The van der Waals surface area contributed by atoms with Crippen LogP contribution in [0.15, 0.2) is 30.3 Å². The van der Waals surface area contributed by atoms with Crippen molar-refractivity contribution in [3.63, 3.8) is 0 Å². The Kier molecular flexibility index (Phi) is 4.49. The second-order valence-corrected chi connectivity index (χ2v) is 5.95. The van der Waals surface area contributed by atoms with E-state index < -0.39 is 16.8 Å². The minimum Gasteiger partial charge on any atom is -0.468 e. The molecule has 0 aromatic heterocycles. The van der Waals surface area contributed by atoms with Crippen LogP contribution in [0.2, 0.25) is 0 Å². The van der Waals surface area contributed by atoms with Crippen LogP contribution in [0.3, 0.4) is 0 Å². The smallest absolute Gasteiger partial charge is 0.323 e. The van der Waals surface area contributed by atoms with E-state index >= 15 is 0 Å². The molecule has 1 aromatic carbocycles. The van der Waals surface area contributed by atoms with Crippen LogP contribution in [-0.4, -0.2) is 40.9 Å². The summed E-state index contributed by atoms with van der Waals surface area (Å²) in [4.78, 5) is 11.5. The Hall–Kier alpha value is -1.20. The van der Waals surface area contributed by atoms with Gasteiger partial charge in [0.05, 0.1) is 7.11 Å². The molecule has 1 N–H and O–H groups in total. The summed E-state index contributed by atoms with van der Waals surface area (Å²) < 4.78 is 16.5. The minimum absolute atomic E-state index is 0.0612. The molecule has 1 aliphatic rings. The highest BCUT2D eigenvalue weighted by Gasteiger charge is 2.30. The molecular weight excluding hydrogens is 250 g/mol. The van der Waals surface area contributed by atoms with Crippen LogP contribution < -0.4 is 5.32 Å². The first kappa shape index (κ1) is 13.2. The zero-order valence-corrected chi connectivity index (χ0v) is 11.1. The first-order chi connectivity index (χ1) is 8.69. The molecule has 1 heterocycles. The second-order valence-electron chi connectivity index (χ2n) is 4.40. The second kappa shape index (κ2) is 6.11. The Bertz CT molecular complexity index is 435. The predicted octanol–water partition coefficient (Wildman–Crippen LogP) is 0.491. The zero-order chi connectivity index (χ0) is 13.0. The Morgan fingerprint density at radius 1 is 1.39 bits per heavy atom. The summed E-state index contributed by atoms with van der Waals surface area (Å²) in [6.45, 7) is 0. The molecule has 1 fully saturated rings. The van der Waals surface area contributed by atoms with E-state index in [9.17, 15) is 9.00 Å². The van der Waals surface area contributed by atoms with Crippen LogP contribution >= 0.6 is 0 Å². The third kappa shape index (κ3) is 3.40. The number of esters is 1. The molecular formula is C13H17NO3S. The quantitative estimate of drug-likeness (QED) is 0.810. The Balaban J connectivity index is 2.00. The number of methoxy groups -OCH3 is 1. The fourth-order valence-corrected chi connectivity index (χ4v) is 3.56. The summed E-state index contributed by atoms with van der Waals surface area (Å²) in [5.74, 6) is 0.599. The summed E-state index contributed by atoms with van der Waals surface area (Å²) >= 11 is 0. The van der Waals surface area contributed by atoms with Gasteiger partial charge in [0, 0.05) is 28.3 Å². The van der Waals surface area contributed by atoms with Crippen LogP contribution in [0.25, 0.3) is 0 Å². The van der Waals surface area contributed by atoms with Gasteiger partial charge in [0.15, 0.2) is 0 Å². The molecule has 18 heavy (non-hydrogen) atoms. The van der Waals surface area contributed by atoms with Crippen molar-refractivity contribution in [3.05, 3.63) is 35.9 Å². The molecule has 0 aliphatic carbocycles. The fourth-order valence-electron chi connectivity index (χ4n) is 2.15. The summed E-state index contributed by atoms with van der Waals surface area (Å²) in [6, 6.07) is 9.61. The van der Waals surface area contributed by atoms with Crippen molar-refractivity contribution < 1.29 is 13.7 Å². The molecule has 0 radical (unpaired) electrons. The number of ether oxygens (including phenoxy) is 1. The van der Waals surface area contributed by atoms with Crippen molar-refractivity contribution in [3.8, 4) is 0 Å². The molecule has 0 amide bonds. The predicted molar refractivity (Wildman–Crippen MR) is 70.8 cm³/mol. The first-order valence-electron chi connectivity index (χ1n) is 5.92. The molecule has 5 heteroatoms. The number of carbonyl (C=O) groups excluding carboxylic acids is 1. The van der Waals surface area contributed by atoms with Crippen molar-refractivity contribution in [2.45, 2.75) is 18.5 Å². The molecule has 1 aliphatic heterocycles. The number of nitrogens with one attached hydrogen (secondary N) is 1. The van der Waals surface area contributed by atoms with Gasteiger partial charge >= 0.3 is 5.97 Å². The van der Waals surface area contributed by atoms with E-state index in [4.69, 9.17) is 4.74 Å². The molecule has 3 atom stereocenters.